The summed E-state index contributed by atoms with van der Waals surface area (Å²) in [6.07, 6.45) is 5.11. The van der Waals surface area contributed by atoms with Crippen LogP contribution in [0.3, 0.4) is 0 Å². The molecule has 0 aliphatic rings. The van der Waals surface area contributed by atoms with Gasteiger partial charge in [0.25, 0.3) is 5.89 Å². The fourth-order valence-corrected chi connectivity index (χ4v) is 2.09. The second-order valence-corrected chi connectivity index (χ2v) is 4.56. The zero-order valence-electron chi connectivity index (χ0n) is 11.3. The molecule has 21 heavy (non-hydrogen) atoms. The molecule has 0 fully saturated rings. The summed E-state index contributed by atoms with van der Waals surface area (Å²) in [4.78, 5) is 8.65. The van der Waals surface area contributed by atoms with Gasteiger partial charge in [-0.1, -0.05) is 10.4 Å². The molecule has 0 saturated heterocycles. The highest BCUT2D eigenvalue weighted by molar-refractivity contribution is 5.60. The number of hydrogen-bond donors (Lipinski definition) is 0. The molecule has 0 aromatic carbocycles. The lowest BCUT2D eigenvalue weighted by Crippen LogP contribution is -1.98. The normalized spacial score (nSPS) is 11.3. The first kappa shape index (κ1) is 11.7. The van der Waals surface area contributed by atoms with Crippen LogP contribution in [0.15, 0.2) is 29.2 Å². The zero-order chi connectivity index (χ0) is 14.4. The minimum Gasteiger partial charge on any atom is -0.333 e. The largest absolute Gasteiger partial charge is 0.333 e. The maximum absolute atomic E-state index is 5.30. The summed E-state index contributed by atoms with van der Waals surface area (Å²) in [6.45, 7) is 1.92. The van der Waals surface area contributed by atoms with Crippen LogP contribution in [0.2, 0.25) is 0 Å². The minimum atomic E-state index is 0.373. The van der Waals surface area contributed by atoms with E-state index in [2.05, 4.69) is 30.5 Å². The molecule has 0 radical (unpaired) electrons. The highest BCUT2D eigenvalue weighted by atomic mass is 16.5. The maximum Gasteiger partial charge on any atom is 0.261 e. The van der Waals surface area contributed by atoms with Gasteiger partial charge in [0.05, 0.1) is 23.7 Å². The third-order valence-electron chi connectivity index (χ3n) is 3.14. The van der Waals surface area contributed by atoms with Crippen LogP contribution in [-0.2, 0) is 7.05 Å². The number of aromatic nitrogens is 8. The molecule has 4 aromatic rings. The predicted molar refractivity (Wildman–Crippen MR) is 71.0 cm³/mol. The van der Waals surface area contributed by atoms with Gasteiger partial charge in [0, 0.05) is 19.3 Å². The third kappa shape index (κ3) is 1.78. The van der Waals surface area contributed by atoms with E-state index in [1.54, 1.807) is 34.8 Å². The lowest BCUT2D eigenvalue weighted by Gasteiger charge is -2.02. The van der Waals surface area contributed by atoms with E-state index in [4.69, 9.17) is 4.52 Å². The molecule has 9 nitrogen and oxygen atoms in total. The first-order valence-corrected chi connectivity index (χ1v) is 6.22. The smallest absolute Gasteiger partial charge is 0.261 e. The Morgan fingerprint density at radius 2 is 2.19 bits per heavy atom. The van der Waals surface area contributed by atoms with Gasteiger partial charge >= 0.3 is 0 Å². The van der Waals surface area contributed by atoms with Crippen molar-refractivity contribution in [3.63, 3.8) is 0 Å². The summed E-state index contributed by atoms with van der Waals surface area (Å²) in [6, 6.07) is 1.83. The zero-order valence-corrected chi connectivity index (χ0v) is 11.3. The first-order chi connectivity index (χ1) is 10.2. The topological polar surface area (TPSA) is 99.8 Å². The Morgan fingerprint density at radius 1 is 1.29 bits per heavy atom. The first-order valence-electron chi connectivity index (χ1n) is 6.22. The number of fused-ring (bicyclic) bond motifs is 1. The quantitative estimate of drug-likeness (QED) is 0.538. The molecule has 0 saturated carbocycles. The molecule has 9 heteroatoms. The van der Waals surface area contributed by atoms with Gasteiger partial charge in [-0.05, 0) is 6.92 Å². The molecule has 0 amide bonds. The second kappa shape index (κ2) is 4.20. The average molecular weight is 282 g/mol. The molecule has 0 unspecified atom stereocenters. The molecule has 0 aliphatic carbocycles. The van der Waals surface area contributed by atoms with Gasteiger partial charge in [-0.25, -0.2) is 9.50 Å². The minimum absolute atomic E-state index is 0.373. The summed E-state index contributed by atoms with van der Waals surface area (Å²) in [7, 11) is 1.78. The Hall–Kier alpha value is -3.10. The van der Waals surface area contributed by atoms with Gasteiger partial charge in [-0.2, -0.15) is 10.1 Å². The molecule has 0 N–H and O–H groups in total. The molecular weight excluding hydrogens is 272 g/mol. The summed E-state index contributed by atoms with van der Waals surface area (Å²) in [5.41, 5.74) is 2.93. The molecule has 4 rings (SSSR count). The summed E-state index contributed by atoms with van der Waals surface area (Å²) >= 11 is 0. The van der Waals surface area contributed by atoms with E-state index in [1.807, 2.05) is 13.0 Å². The average Bonchev–Trinajstić information content (AvgIpc) is 3.17. The lowest BCUT2D eigenvalue weighted by molar-refractivity contribution is 0.431. The maximum atomic E-state index is 5.30. The summed E-state index contributed by atoms with van der Waals surface area (Å²) in [5, 5.41) is 15.9. The van der Waals surface area contributed by atoms with Gasteiger partial charge in [0.15, 0.2) is 11.3 Å². The molecule has 4 heterocycles. The van der Waals surface area contributed by atoms with Crippen LogP contribution in [0.1, 0.15) is 5.69 Å². The Labute approximate surface area is 118 Å². The van der Waals surface area contributed by atoms with Crippen LogP contribution in [0.25, 0.3) is 28.6 Å². The SMILES string of the molecule is Cc1c(-c2nc(-c3cn(C)nn3)no2)cnc2ccnn12. The molecule has 0 spiro atoms. The van der Waals surface area contributed by atoms with Gasteiger partial charge in [0.1, 0.15) is 0 Å². The number of hydrogen-bond acceptors (Lipinski definition) is 7. The molecule has 0 atom stereocenters. The van der Waals surface area contributed by atoms with Crippen molar-refractivity contribution in [2.24, 2.45) is 7.05 Å². The van der Waals surface area contributed by atoms with Crippen LogP contribution < -0.4 is 0 Å². The monoisotopic (exact) mass is 282 g/mol. The van der Waals surface area contributed by atoms with Crippen molar-refractivity contribution in [2.45, 2.75) is 6.92 Å². The van der Waals surface area contributed by atoms with Crippen molar-refractivity contribution < 1.29 is 4.52 Å². The molecular formula is C12H10N8O. The molecule has 0 aliphatic heterocycles. The van der Waals surface area contributed by atoms with Gasteiger partial charge in [-0.3, -0.25) is 4.68 Å². The summed E-state index contributed by atoms with van der Waals surface area (Å²) < 4.78 is 8.60. The van der Waals surface area contributed by atoms with Crippen LogP contribution in [0.4, 0.5) is 0 Å². The van der Waals surface area contributed by atoms with Crippen LogP contribution in [-0.4, -0.2) is 39.7 Å². The van der Waals surface area contributed by atoms with E-state index < -0.39 is 0 Å². The van der Waals surface area contributed by atoms with E-state index >= 15 is 0 Å². The van der Waals surface area contributed by atoms with Crippen molar-refractivity contribution >= 4 is 5.65 Å². The Bertz CT molecular complexity index is 934. The van der Waals surface area contributed by atoms with Crippen molar-refractivity contribution in [2.75, 3.05) is 0 Å². The van der Waals surface area contributed by atoms with Gasteiger partial charge < -0.3 is 4.52 Å². The molecule has 4 aromatic heterocycles. The van der Waals surface area contributed by atoms with E-state index in [0.29, 0.717) is 17.4 Å². The van der Waals surface area contributed by atoms with Crippen LogP contribution in [0.5, 0.6) is 0 Å². The van der Waals surface area contributed by atoms with E-state index in [0.717, 1.165) is 16.9 Å². The van der Waals surface area contributed by atoms with E-state index in [1.165, 1.54) is 0 Å². The van der Waals surface area contributed by atoms with Crippen LogP contribution in [0, 0.1) is 6.92 Å². The third-order valence-corrected chi connectivity index (χ3v) is 3.14. The number of aryl methyl sites for hydroxylation is 2. The van der Waals surface area contributed by atoms with Crippen molar-refractivity contribution in [3.05, 3.63) is 30.4 Å². The standard InChI is InChI=1S/C12H10N8O/c1-7-8(5-13-10-3-4-14-20(7)10)12-15-11(17-21-12)9-6-19(2)18-16-9/h3-6H,1-2H3. The highest BCUT2D eigenvalue weighted by Gasteiger charge is 2.16. The van der Waals surface area contributed by atoms with Gasteiger partial charge in [-0.15, -0.1) is 5.10 Å². The predicted octanol–water partition coefficient (Wildman–Crippen LogP) is 0.883. The molecule has 104 valence electrons. The van der Waals surface area contributed by atoms with Crippen LogP contribution >= 0.6 is 0 Å². The Morgan fingerprint density at radius 3 is 3.00 bits per heavy atom. The number of rotatable bonds is 2. The fraction of sp³-hybridized carbons (Fsp3) is 0.167. The Balaban J connectivity index is 1.82. The van der Waals surface area contributed by atoms with Crippen molar-refractivity contribution in [1.29, 1.82) is 0 Å². The summed E-state index contributed by atoms with van der Waals surface area (Å²) in [5.74, 6) is 0.760. The van der Waals surface area contributed by atoms with Crippen molar-refractivity contribution in [3.8, 4) is 23.0 Å². The highest BCUT2D eigenvalue weighted by Crippen LogP contribution is 2.23. The van der Waals surface area contributed by atoms with Crippen molar-refractivity contribution in [1.82, 2.24) is 39.7 Å². The number of nitrogens with zero attached hydrogens (tertiary/aromatic N) is 8. The lowest BCUT2D eigenvalue weighted by atomic mass is 10.2. The van der Waals surface area contributed by atoms with E-state index in [9.17, 15) is 0 Å². The molecule has 0 bridgehead atoms. The fourth-order valence-electron chi connectivity index (χ4n) is 2.09. The second-order valence-electron chi connectivity index (χ2n) is 4.56. The van der Waals surface area contributed by atoms with Gasteiger partial charge in [0.2, 0.25) is 5.82 Å². The van der Waals surface area contributed by atoms with E-state index in [-0.39, 0.29) is 0 Å². The Kier molecular flexibility index (Phi) is 2.34.